The predicted octanol–water partition coefficient (Wildman–Crippen LogP) is 7.65. The molecule has 0 aromatic rings. The molecular formula is C28H44O2. The highest BCUT2D eigenvalue weighted by atomic mass is 16.3. The lowest BCUT2D eigenvalue weighted by atomic mass is 9.46. The van der Waals surface area contributed by atoms with Crippen LogP contribution in [-0.4, -0.2) is 10.9 Å². The van der Waals surface area contributed by atoms with Gasteiger partial charge in [0, 0.05) is 12.3 Å². The van der Waals surface area contributed by atoms with Crippen molar-refractivity contribution in [2.45, 2.75) is 98.3 Å². The van der Waals surface area contributed by atoms with Crippen molar-refractivity contribution >= 4 is 5.78 Å². The van der Waals surface area contributed by atoms with Crippen LogP contribution >= 0.6 is 0 Å². The molecule has 0 bridgehead atoms. The normalized spacial score (nSPS) is 42.5. The quantitative estimate of drug-likeness (QED) is 0.455. The van der Waals surface area contributed by atoms with Crippen LogP contribution in [-0.2, 0) is 4.79 Å². The van der Waals surface area contributed by atoms with Gasteiger partial charge in [-0.05, 0) is 97.9 Å². The number of fused-ring (bicyclic) bond motifs is 5. The molecule has 0 saturated heterocycles. The van der Waals surface area contributed by atoms with Gasteiger partial charge in [-0.3, -0.25) is 4.79 Å². The molecule has 4 aliphatic rings. The zero-order valence-electron chi connectivity index (χ0n) is 19.9. The molecule has 0 spiro atoms. The van der Waals surface area contributed by atoms with E-state index in [0.717, 1.165) is 48.9 Å². The Labute approximate surface area is 184 Å². The van der Waals surface area contributed by atoms with E-state index in [1.807, 2.05) is 6.08 Å². The molecule has 30 heavy (non-hydrogen) atoms. The van der Waals surface area contributed by atoms with Crippen LogP contribution in [0.5, 0.6) is 0 Å². The van der Waals surface area contributed by atoms with E-state index in [4.69, 9.17) is 0 Å². The summed E-state index contributed by atoms with van der Waals surface area (Å²) in [6, 6.07) is 0. The fourth-order valence-electron chi connectivity index (χ4n) is 8.65. The molecule has 0 radical (unpaired) electrons. The average Bonchev–Trinajstić information content (AvgIpc) is 3.05. The molecule has 2 heteroatoms. The third kappa shape index (κ3) is 3.61. The smallest absolute Gasteiger partial charge is 0.155 e. The molecule has 4 unspecified atom stereocenters. The highest BCUT2D eigenvalue weighted by Gasteiger charge is 2.59. The van der Waals surface area contributed by atoms with Crippen molar-refractivity contribution in [3.8, 4) is 0 Å². The number of allylic oxidation sites excluding steroid dienone is 2. The average molecular weight is 413 g/mol. The minimum absolute atomic E-state index is 0.229. The van der Waals surface area contributed by atoms with E-state index in [-0.39, 0.29) is 5.92 Å². The molecule has 1 N–H and O–H groups in total. The summed E-state index contributed by atoms with van der Waals surface area (Å²) in [6.07, 6.45) is 15.5. The van der Waals surface area contributed by atoms with Crippen LogP contribution in [0.3, 0.4) is 0 Å². The summed E-state index contributed by atoms with van der Waals surface area (Å²) in [4.78, 5) is 12.0. The standard InChI is InChI=1S/C28H44O2/c1-18(20(3)29)7-6-8-19(2)24-11-12-25-23-10-9-21-17-22(30)13-15-27(21,4)26(23)14-16-28(24,25)5/h17-19,23-26,29H,3,6-16H2,1-2,4-5H3/t18-,19?,23?,24+,25?,26?,27-,28+/m0/s1. The highest BCUT2D eigenvalue weighted by molar-refractivity contribution is 5.91. The van der Waals surface area contributed by atoms with Crippen LogP contribution in [0.15, 0.2) is 24.0 Å². The highest BCUT2D eigenvalue weighted by Crippen LogP contribution is 2.67. The van der Waals surface area contributed by atoms with Crippen LogP contribution in [0, 0.1) is 46.3 Å². The van der Waals surface area contributed by atoms with Gasteiger partial charge in [-0.25, -0.2) is 0 Å². The van der Waals surface area contributed by atoms with Crippen molar-refractivity contribution < 1.29 is 9.90 Å². The zero-order valence-corrected chi connectivity index (χ0v) is 19.9. The summed E-state index contributed by atoms with van der Waals surface area (Å²) in [5, 5.41) is 9.60. The van der Waals surface area contributed by atoms with E-state index < -0.39 is 0 Å². The maximum Gasteiger partial charge on any atom is 0.155 e. The fourth-order valence-corrected chi connectivity index (χ4v) is 8.65. The van der Waals surface area contributed by atoms with Crippen molar-refractivity contribution in [2.24, 2.45) is 46.3 Å². The Kier molecular flexibility index (Phi) is 6.01. The van der Waals surface area contributed by atoms with E-state index in [9.17, 15) is 9.90 Å². The van der Waals surface area contributed by atoms with Crippen molar-refractivity contribution in [1.82, 2.24) is 0 Å². The van der Waals surface area contributed by atoms with Crippen molar-refractivity contribution in [2.75, 3.05) is 0 Å². The third-order valence-corrected chi connectivity index (χ3v) is 10.6. The number of hydrogen-bond donors (Lipinski definition) is 1. The van der Waals surface area contributed by atoms with E-state index in [1.54, 1.807) is 0 Å². The zero-order chi connectivity index (χ0) is 21.7. The largest absolute Gasteiger partial charge is 0.513 e. The van der Waals surface area contributed by atoms with Gasteiger partial charge in [-0.2, -0.15) is 0 Å². The van der Waals surface area contributed by atoms with Gasteiger partial charge in [0.25, 0.3) is 0 Å². The first kappa shape index (κ1) is 22.2. The van der Waals surface area contributed by atoms with Crippen LogP contribution in [0.2, 0.25) is 0 Å². The van der Waals surface area contributed by atoms with E-state index in [0.29, 0.717) is 22.4 Å². The first-order valence-corrected chi connectivity index (χ1v) is 12.8. The first-order valence-electron chi connectivity index (χ1n) is 12.8. The Balaban J connectivity index is 1.44. The summed E-state index contributed by atoms with van der Waals surface area (Å²) in [5.74, 6) is 5.13. The van der Waals surface area contributed by atoms with Crippen molar-refractivity contribution in [3.63, 3.8) is 0 Å². The van der Waals surface area contributed by atoms with E-state index >= 15 is 0 Å². The second-order valence-electron chi connectivity index (χ2n) is 12.0. The Bertz CT molecular complexity index is 720. The molecule has 4 rings (SSSR count). The Hall–Kier alpha value is -1.05. The number of carbonyl (C=O) groups is 1. The maximum absolute atomic E-state index is 12.0. The molecule has 0 aromatic heterocycles. The molecule has 2 nitrogen and oxygen atoms in total. The van der Waals surface area contributed by atoms with Gasteiger partial charge in [0.2, 0.25) is 0 Å². The molecule has 0 heterocycles. The minimum Gasteiger partial charge on any atom is -0.513 e. The molecule has 168 valence electrons. The van der Waals surface area contributed by atoms with Gasteiger partial charge >= 0.3 is 0 Å². The van der Waals surface area contributed by atoms with Crippen molar-refractivity contribution in [1.29, 1.82) is 0 Å². The van der Waals surface area contributed by atoms with Gasteiger partial charge in [-0.15, -0.1) is 0 Å². The van der Waals surface area contributed by atoms with Gasteiger partial charge in [0.15, 0.2) is 5.78 Å². The molecule has 3 fully saturated rings. The lowest BCUT2D eigenvalue weighted by Gasteiger charge is -2.58. The topological polar surface area (TPSA) is 37.3 Å². The summed E-state index contributed by atoms with van der Waals surface area (Å²) >= 11 is 0. The molecule has 0 aliphatic heterocycles. The number of aliphatic hydroxyl groups excluding tert-OH is 1. The number of hydrogen-bond acceptors (Lipinski definition) is 2. The monoisotopic (exact) mass is 412 g/mol. The molecule has 4 aliphatic carbocycles. The van der Waals surface area contributed by atoms with Gasteiger partial charge in [0.05, 0.1) is 5.76 Å². The molecule has 0 amide bonds. The van der Waals surface area contributed by atoms with E-state index in [1.165, 1.54) is 56.9 Å². The Morgan fingerprint density at radius 1 is 1.10 bits per heavy atom. The second-order valence-corrected chi connectivity index (χ2v) is 12.0. The summed E-state index contributed by atoms with van der Waals surface area (Å²) < 4.78 is 0. The second kappa shape index (κ2) is 8.14. The van der Waals surface area contributed by atoms with Crippen LogP contribution in [0.1, 0.15) is 98.3 Å². The third-order valence-electron chi connectivity index (χ3n) is 10.6. The molecule has 3 saturated carbocycles. The predicted molar refractivity (Wildman–Crippen MR) is 124 cm³/mol. The van der Waals surface area contributed by atoms with Crippen LogP contribution < -0.4 is 0 Å². The first-order chi connectivity index (χ1) is 14.2. The summed E-state index contributed by atoms with van der Waals surface area (Å²) in [6.45, 7) is 13.4. The number of aliphatic hydroxyl groups is 1. The van der Waals surface area contributed by atoms with Gasteiger partial charge in [0.1, 0.15) is 0 Å². The SMILES string of the molecule is C=C(O)[C@@H](C)CCCC(C)[C@H]1CCC2C3CCC4=CC(=O)CC[C@]4(C)C3CC[C@@]21C. The minimum atomic E-state index is 0.229. The van der Waals surface area contributed by atoms with Gasteiger partial charge in [-0.1, -0.05) is 52.7 Å². The lowest BCUT2D eigenvalue weighted by molar-refractivity contribution is -0.117. The Morgan fingerprint density at radius 2 is 1.87 bits per heavy atom. The number of rotatable bonds is 6. The number of ketones is 1. The van der Waals surface area contributed by atoms with Crippen molar-refractivity contribution in [3.05, 3.63) is 24.0 Å². The summed E-state index contributed by atoms with van der Waals surface area (Å²) in [7, 11) is 0. The van der Waals surface area contributed by atoms with Crippen LogP contribution in [0.25, 0.3) is 0 Å². The lowest BCUT2D eigenvalue weighted by Crippen LogP contribution is -2.50. The molecule has 0 aromatic carbocycles. The van der Waals surface area contributed by atoms with Gasteiger partial charge < -0.3 is 5.11 Å². The molecular weight excluding hydrogens is 368 g/mol. The Morgan fingerprint density at radius 3 is 2.60 bits per heavy atom. The van der Waals surface area contributed by atoms with Crippen LogP contribution in [0.4, 0.5) is 0 Å². The number of carbonyl (C=O) groups excluding carboxylic acids is 1. The van der Waals surface area contributed by atoms with E-state index in [2.05, 4.69) is 34.3 Å². The summed E-state index contributed by atoms with van der Waals surface area (Å²) in [5.41, 5.74) is 2.30. The fraction of sp³-hybridized carbons (Fsp3) is 0.821. The molecule has 8 atom stereocenters. The maximum atomic E-state index is 12.0.